The molecule has 0 aromatic rings. The molecule has 3 fully saturated rings. The average Bonchev–Trinajstić information content (AvgIpc) is 3.40. The minimum atomic E-state index is -0.687. The molecule has 3 amide bonds. The molecule has 3 saturated heterocycles. The highest BCUT2D eigenvalue weighted by molar-refractivity contribution is 8.02. The summed E-state index contributed by atoms with van der Waals surface area (Å²) in [7, 11) is 1.75. The van der Waals surface area contributed by atoms with Gasteiger partial charge in [-0.25, -0.2) is 0 Å². The van der Waals surface area contributed by atoms with Crippen LogP contribution in [0.15, 0.2) is 25.3 Å². The van der Waals surface area contributed by atoms with E-state index in [1.165, 1.54) is 0 Å². The lowest BCUT2D eigenvalue weighted by Crippen LogP contribution is -2.57. The number of fused-ring (bicyclic) bond motifs is 1. The van der Waals surface area contributed by atoms with E-state index in [4.69, 9.17) is 0 Å². The van der Waals surface area contributed by atoms with Crippen LogP contribution in [0.1, 0.15) is 59.3 Å². The van der Waals surface area contributed by atoms with Crippen molar-refractivity contribution in [3.63, 3.8) is 0 Å². The zero-order valence-corrected chi connectivity index (χ0v) is 22.7. The smallest absolute Gasteiger partial charge is 0.247 e. The Balaban J connectivity index is 2.08. The van der Waals surface area contributed by atoms with Crippen LogP contribution in [0.5, 0.6) is 0 Å². The molecule has 8 heteroatoms. The molecular formula is C27H43N3O4S. The van der Waals surface area contributed by atoms with E-state index in [0.717, 1.165) is 25.7 Å². The van der Waals surface area contributed by atoms with Gasteiger partial charge in [0.2, 0.25) is 17.7 Å². The van der Waals surface area contributed by atoms with Crippen molar-refractivity contribution in [3.8, 4) is 0 Å². The van der Waals surface area contributed by atoms with E-state index < -0.39 is 33.4 Å². The highest BCUT2D eigenvalue weighted by Gasteiger charge is 2.77. The van der Waals surface area contributed by atoms with Crippen molar-refractivity contribution < 1.29 is 19.5 Å². The second-order valence-corrected chi connectivity index (χ2v) is 12.4. The third kappa shape index (κ3) is 4.57. The Morgan fingerprint density at radius 2 is 1.89 bits per heavy atom. The summed E-state index contributed by atoms with van der Waals surface area (Å²) in [6, 6.07) is -1.14. The molecule has 3 aliphatic rings. The molecule has 1 N–H and O–H groups in total. The molecule has 0 radical (unpaired) electrons. The van der Waals surface area contributed by atoms with Crippen molar-refractivity contribution in [3.05, 3.63) is 25.3 Å². The van der Waals surface area contributed by atoms with E-state index in [9.17, 15) is 19.5 Å². The number of aliphatic hydroxyl groups excluding tert-OH is 1. The van der Waals surface area contributed by atoms with Crippen LogP contribution in [0.2, 0.25) is 0 Å². The van der Waals surface area contributed by atoms with Crippen LogP contribution in [0.25, 0.3) is 0 Å². The first-order valence-corrected chi connectivity index (χ1v) is 13.9. The van der Waals surface area contributed by atoms with Crippen LogP contribution >= 0.6 is 11.8 Å². The molecule has 3 heterocycles. The van der Waals surface area contributed by atoms with Crippen molar-refractivity contribution in [2.75, 3.05) is 33.3 Å². The molecule has 0 aliphatic carbocycles. The molecular weight excluding hydrogens is 462 g/mol. The fourth-order valence-corrected chi connectivity index (χ4v) is 8.85. The number of unbranched alkanes of at least 4 members (excludes halogenated alkanes) is 2. The van der Waals surface area contributed by atoms with Crippen LogP contribution in [-0.4, -0.2) is 92.4 Å². The third-order valence-corrected chi connectivity index (χ3v) is 10.2. The van der Waals surface area contributed by atoms with Crippen molar-refractivity contribution in [1.29, 1.82) is 0 Å². The number of amides is 3. The van der Waals surface area contributed by atoms with E-state index in [1.54, 1.807) is 40.8 Å². The minimum absolute atomic E-state index is 0.0594. The van der Waals surface area contributed by atoms with Crippen LogP contribution in [-0.2, 0) is 14.4 Å². The second kappa shape index (κ2) is 11.1. The number of likely N-dealkylation sites (tertiary alicyclic amines) is 1. The van der Waals surface area contributed by atoms with Crippen LogP contribution in [0.4, 0.5) is 0 Å². The summed E-state index contributed by atoms with van der Waals surface area (Å²) in [6.07, 6.45) is 8.43. The first kappa shape index (κ1) is 27.8. The Kier molecular flexibility index (Phi) is 8.79. The van der Waals surface area contributed by atoms with Gasteiger partial charge in [0.15, 0.2) is 0 Å². The number of hydrogen-bond acceptors (Lipinski definition) is 5. The number of aliphatic hydroxyl groups is 1. The molecule has 1 spiro atoms. The van der Waals surface area contributed by atoms with Gasteiger partial charge in [-0.15, -0.1) is 24.9 Å². The number of carbonyl (C=O) groups excluding carboxylic acids is 3. The van der Waals surface area contributed by atoms with Gasteiger partial charge in [0, 0.05) is 31.4 Å². The fraction of sp³-hybridized carbons (Fsp3) is 0.741. The van der Waals surface area contributed by atoms with Gasteiger partial charge in [-0.2, -0.15) is 0 Å². The largest absolute Gasteiger partial charge is 0.394 e. The van der Waals surface area contributed by atoms with E-state index in [2.05, 4.69) is 27.0 Å². The average molecular weight is 506 g/mol. The molecule has 7 nitrogen and oxygen atoms in total. The van der Waals surface area contributed by atoms with E-state index in [-0.39, 0.29) is 24.3 Å². The van der Waals surface area contributed by atoms with Crippen molar-refractivity contribution >= 4 is 29.5 Å². The molecule has 2 bridgehead atoms. The van der Waals surface area contributed by atoms with Gasteiger partial charge in [-0.3, -0.25) is 14.4 Å². The first-order valence-electron chi connectivity index (χ1n) is 13.1. The lowest BCUT2D eigenvalue weighted by molar-refractivity contribution is -0.147. The van der Waals surface area contributed by atoms with Gasteiger partial charge < -0.3 is 19.8 Å². The number of hydrogen-bond donors (Lipinski definition) is 1. The van der Waals surface area contributed by atoms with Crippen molar-refractivity contribution in [1.82, 2.24) is 14.7 Å². The predicted molar refractivity (Wildman–Crippen MR) is 141 cm³/mol. The molecule has 0 aromatic heterocycles. The van der Waals surface area contributed by atoms with E-state index in [1.807, 2.05) is 11.8 Å². The SMILES string of the molecule is C=CCN(C)C(=O)[C@@H]1[C@H]2C(=O)N([C@@H](CC)CO)C(C(=O)N(CC=C)CCCCC)C23CC[C@@]1(C)S3. The third-order valence-electron chi connectivity index (χ3n) is 8.26. The molecule has 2 unspecified atom stereocenters. The Morgan fingerprint density at radius 3 is 2.46 bits per heavy atom. The minimum Gasteiger partial charge on any atom is -0.394 e. The zero-order valence-electron chi connectivity index (χ0n) is 21.9. The Hall–Kier alpha value is -1.80. The number of carbonyl (C=O) groups is 3. The summed E-state index contributed by atoms with van der Waals surface area (Å²) in [6.45, 7) is 15.0. The van der Waals surface area contributed by atoms with Gasteiger partial charge in [0.25, 0.3) is 0 Å². The molecule has 0 aromatic carbocycles. The molecule has 35 heavy (non-hydrogen) atoms. The van der Waals surface area contributed by atoms with Crippen LogP contribution in [0.3, 0.4) is 0 Å². The van der Waals surface area contributed by atoms with E-state index >= 15 is 0 Å². The Labute approximate surface area is 215 Å². The highest BCUT2D eigenvalue weighted by atomic mass is 32.2. The first-order chi connectivity index (χ1) is 16.7. The standard InChI is InChI=1S/C27H43N3O4S/c1-7-11-12-17-29(16-9-3)25(34)22-27-14-13-26(5,35-27)20(23(32)28(6)15-8-2)21(27)24(33)30(22)19(10-4)18-31/h8-9,19-22,31H,2-3,7,10-18H2,1,4-6H3/t19-,20-,21-,22?,26+,27?/m0/s1. The summed E-state index contributed by atoms with van der Waals surface area (Å²) < 4.78 is -1.06. The quantitative estimate of drug-likeness (QED) is 0.307. The summed E-state index contributed by atoms with van der Waals surface area (Å²) in [5, 5.41) is 10.2. The Morgan fingerprint density at radius 1 is 1.20 bits per heavy atom. The second-order valence-electron chi connectivity index (χ2n) is 10.5. The number of likely N-dealkylation sites (N-methyl/N-ethyl adjacent to an activating group) is 1. The molecule has 196 valence electrons. The van der Waals surface area contributed by atoms with Gasteiger partial charge >= 0.3 is 0 Å². The topological polar surface area (TPSA) is 81.2 Å². The van der Waals surface area contributed by atoms with Crippen LogP contribution in [0, 0.1) is 11.8 Å². The van der Waals surface area contributed by atoms with Gasteiger partial charge in [0.05, 0.1) is 29.2 Å². The number of rotatable bonds is 13. The number of thioether (sulfide) groups is 1. The summed E-state index contributed by atoms with van der Waals surface area (Å²) in [5.74, 6) is -1.36. The highest BCUT2D eigenvalue weighted by Crippen LogP contribution is 2.71. The molecule has 6 atom stereocenters. The molecule has 3 aliphatic heterocycles. The lowest BCUT2D eigenvalue weighted by Gasteiger charge is -2.39. The van der Waals surface area contributed by atoms with Gasteiger partial charge in [-0.05, 0) is 32.6 Å². The predicted octanol–water partition coefficient (Wildman–Crippen LogP) is 3.09. The van der Waals surface area contributed by atoms with Crippen molar-refractivity contribution in [2.24, 2.45) is 11.8 Å². The van der Waals surface area contributed by atoms with E-state index in [0.29, 0.717) is 32.5 Å². The summed E-state index contributed by atoms with van der Waals surface area (Å²) in [4.78, 5) is 47.2. The number of nitrogens with zero attached hydrogens (tertiary/aromatic N) is 3. The Bertz CT molecular complexity index is 846. The summed E-state index contributed by atoms with van der Waals surface area (Å²) in [5.41, 5.74) is 0. The zero-order chi connectivity index (χ0) is 26.0. The summed E-state index contributed by atoms with van der Waals surface area (Å²) >= 11 is 1.68. The monoisotopic (exact) mass is 505 g/mol. The fourth-order valence-electron chi connectivity index (χ4n) is 6.52. The maximum atomic E-state index is 14.2. The maximum absolute atomic E-state index is 14.2. The normalized spacial score (nSPS) is 31.9. The van der Waals surface area contributed by atoms with Gasteiger partial charge in [-0.1, -0.05) is 38.8 Å². The van der Waals surface area contributed by atoms with Crippen molar-refractivity contribution in [2.45, 2.75) is 80.9 Å². The van der Waals surface area contributed by atoms with Crippen LogP contribution < -0.4 is 0 Å². The maximum Gasteiger partial charge on any atom is 0.247 e. The molecule has 3 rings (SSSR count). The van der Waals surface area contributed by atoms with Gasteiger partial charge in [0.1, 0.15) is 6.04 Å². The molecule has 0 saturated carbocycles. The lowest BCUT2D eigenvalue weighted by atomic mass is 9.66.